The fourth-order valence-electron chi connectivity index (χ4n) is 1.84. The third-order valence-corrected chi connectivity index (χ3v) is 5.63. The Morgan fingerprint density at radius 3 is 2.88 bits per heavy atom. The van der Waals surface area contributed by atoms with Gasteiger partial charge in [0.2, 0.25) is 15.9 Å². The topological polar surface area (TPSA) is 66.5 Å². The lowest BCUT2D eigenvalue weighted by molar-refractivity contribution is -0.127. The molecule has 0 aromatic carbocycles. The highest BCUT2D eigenvalue weighted by Crippen LogP contribution is 2.18. The van der Waals surface area contributed by atoms with Crippen LogP contribution < -0.4 is 4.72 Å². The summed E-state index contributed by atoms with van der Waals surface area (Å²) in [6.45, 7) is 2.57. The summed E-state index contributed by atoms with van der Waals surface area (Å²) in [6.07, 6.45) is 0.671. The van der Waals surface area contributed by atoms with E-state index >= 15 is 0 Å². The van der Waals surface area contributed by atoms with Crippen LogP contribution in [-0.4, -0.2) is 38.4 Å². The summed E-state index contributed by atoms with van der Waals surface area (Å²) in [5, 5.41) is 1.73. The van der Waals surface area contributed by atoms with E-state index < -0.39 is 10.0 Å². The predicted octanol–water partition coefficient (Wildman–Crippen LogP) is 0.647. The van der Waals surface area contributed by atoms with Crippen LogP contribution in [0, 0.1) is 0 Å². The molecule has 0 spiro atoms. The normalized spacial score (nSPS) is 20.8. The van der Waals surface area contributed by atoms with Crippen LogP contribution in [0.5, 0.6) is 0 Å². The van der Waals surface area contributed by atoms with Crippen LogP contribution in [0.25, 0.3) is 0 Å². The van der Waals surface area contributed by atoms with Crippen molar-refractivity contribution in [2.75, 3.05) is 13.1 Å². The van der Waals surface area contributed by atoms with Crippen LogP contribution in [0.4, 0.5) is 0 Å². The third kappa shape index (κ3) is 2.85. The van der Waals surface area contributed by atoms with Crippen molar-refractivity contribution in [2.45, 2.75) is 23.6 Å². The Morgan fingerprint density at radius 1 is 1.59 bits per heavy atom. The number of rotatable bonds is 3. The van der Waals surface area contributed by atoms with E-state index in [1.807, 2.05) is 0 Å². The first-order valence-electron chi connectivity index (χ1n) is 5.30. The minimum absolute atomic E-state index is 0.0113. The first-order valence-corrected chi connectivity index (χ1v) is 7.66. The maximum absolute atomic E-state index is 11.9. The summed E-state index contributed by atoms with van der Waals surface area (Å²) >= 11 is 1.19. The van der Waals surface area contributed by atoms with Crippen molar-refractivity contribution in [2.24, 2.45) is 0 Å². The molecule has 7 heteroatoms. The molecule has 1 atom stereocenters. The standard InChI is InChI=1S/C10H14N2O3S2/c1-8(13)12-5-4-9(7-12)11-17(14,15)10-3-2-6-16-10/h2-3,6,9,11H,4-5,7H2,1H3. The predicted molar refractivity (Wildman–Crippen MR) is 65.3 cm³/mol. The van der Waals surface area contributed by atoms with Gasteiger partial charge in [-0.3, -0.25) is 4.79 Å². The van der Waals surface area contributed by atoms with Crippen molar-refractivity contribution in [3.8, 4) is 0 Å². The van der Waals surface area contributed by atoms with Crippen LogP contribution in [0.1, 0.15) is 13.3 Å². The van der Waals surface area contributed by atoms with Crippen molar-refractivity contribution < 1.29 is 13.2 Å². The number of nitrogens with zero attached hydrogens (tertiary/aromatic N) is 1. The second-order valence-electron chi connectivity index (χ2n) is 4.00. The van der Waals surface area contributed by atoms with Gasteiger partial charge in [-0.05, 0) is 17.9 Å². The van der Waals surface area contributed by atoms with Gasteiger partial charge in [-0.25, -0.2) is 13.1 Å². The van der Waals surface area contributed by atoms with Gasteiger partial charge in [-0.15, -0.1) is 11.3 Å². The molecule has 5 nitrogen and oxygen atoms in total. The summed E-state index contributed by atoms with van der Waals surface area (Å²) in [5.74, 6) is -0.0113. The minimum Gasteiger partial charge on any atom is -0.341 e. The molecule has 1 unspecified atom stereocenters. The highest BCUT2D eigenvalue weighted by Gasteiger charge is 2.28. The second kappa shape index (κ2) is 4.75. The molecule has 17 heavy (non-hydrogen) atoms. The number of sulfonamides is 1. The van der Waals surface area contributed by atoms with Crippen molar-refractivity contribution in [1.29, 1.82) is 0 Å². The Bertz CT molecular complexity index is 496. The first kappa shape index (κ1) is 12.5. The molecule has 1 N–H and O–H groups in total. The summed E-state index contributed by atoms with van der Waals surface area (Å²) in [4.78, 5) is 12.8. The van der Waals surface area contributed by atoms with E-state index in [0.717, 1.165) is 0 Å². The summed E-state index contributed by atoms with van der Waals surface area (Å²) < 4.78 is 26.8. The number of carbonyl (C=O) groups excluding carboxylic acids is 1. The van der Waals surface area contributed by atoms with Gasteiger partial charge in [0.1, 0.15) is 4.21 Å². The Balaban J connectivity index is 2.01. The van der Waals surface area contributed by atoms with Gasteiger partial charge in [0.15, 0.2) is 0 Å². The Kier molecular flexibility index (Phi) is 3.50. The molecule has 1 fully saturated rings. The molecule has 1 aliphatic heterocycles. The third-order valence-electron chi connectivity index (χ3n) is 2.72. The monoisotopic (exact) mass is 274 g/mol. The fourth-order valence-corrected chi connectivity index (χ4v) is 4.11. The van der Waals surface area contributed by atoms with Crippen molar-refractivity contribution in [3.05, 3.63) is 17.5 Å². The van der Waals surface area contributed by atoms with Crippen LogP contribution in [-0.2, 0) is 14.8 Å². The molecule has 2 rings (SSSR count). The number of hydrogen-bond acceptors (Lipinski definition) is 4. The summed E-state index contributed by atoms with van der Waals surface area (Å²) in [6, 6.07) is 3.10. The zero-order chi connectivity index (χ0) is 12.5. The highest BCUT2D eigenvalue weighted by atomic mass is 32.2. The molecule has 1 aromatic rings. The van der Waals surface area contributed by atoms with Gasteiger partial charge in [0.05, 0.1) is 0 Å². The van der Waals surface area contributed by atoms with Gasteiger partial charge < -0.3 is 4.90 Å². The average molecular weight is 274 g/mol. The van der Waals surface area contributed by atoms with Crippen molar-refractivity contribution in [1.82, 2.24) is 9.62 Å². The van der Waals surface area contributed by atoms with Crippen LogP contribution >= 0.6 is 11.3 Å². The van der Waals surface area contributed by atoms with Gasteiger partial charge >= 0.3 is 0 Å². The van der Waals surface area contributed by atoms with Crippen LogP contribution in [0.2, 0.25) is 0 Å². The highest BCUT2D eigenvalue weighted by molar-refractivity contribution is 7.91. The lowest BCUT2D eigenvalue weighted by atomic mass is 10.3. The molecule has 1 aliphatic rings. The molecule has 0 radical (unpaired) electrons. The van der Waals surface area contributed by atoms with E-state index in [4.69, 9.17) is 0 Å². The van der Waals surface area contributed by atoms with E-state index in [1.165, 1.54) is 18.3 Å². The molecule has 1 aromatic heterocycles. The van der Waals surface area contributed by atoms with Crippen molar-refractivity contribution >= 4 is 27.3 Å². The molecule has 1 saturated heterocycles. The number of thiophene rings is 1. The number of amides is 1. The largest absolute Gasteiger partial charge is 0.341 e. The Labute approximate surface area is 104 Å². The molecule has 2 heterocycles. The molecule has 0 aliphatic carbocycles. The van der Waals surface area contributed by atoms with Crippen LogP contribution in [0.15, 0.2) is 21.7 Å². The average Bonchev–Trinajstić information content (AvgIpc) is 2.85. The molecule has 0 bridgehead atoms. The van der Waals surface area contributed by atoms with Gasteiger partial charge in [-0.2, -0.15) is 0 Å². The van der Waals surface area contributed by atoms with E-state index in [2.05, 4.69) is 4.72 Å². The minimum atomic E-state index is -3.42. The number of likely N-dealkylation sites (tertiary alicyclic amines) is 1. The number of nitrogens with one attached hydrogen (secondary N) is 1. The molecular weight excluding hydrogens is 260 g/mol. The number of carbonyl (C=O) groups is 1. The Hall–Kier alpha value is -0.920. The molecule has 1 amide bonds. The SMILES string of the molecule is CC(=O)N1CCC(NS(=O)(=O)c2cccs2)C1. The molecular formula is C10H14N2O3S2. The maximum atomic E-state index is 11.9. The maximum Gasteiger partial charge on any atom is 0.250 e. The zero-order valence-corrected chi connectivity index (χ0v) is 11.1. The Morgan fingerprint density at radius 2 is 2.35 bits per heavy atom. The summed E-state index contributed by atoms with van der Waals surface area (Å²) in [7, 11) is -3.42. The number of hydrogen-bond donors (Lipinski definition) is 1. The smallest absolute Gasteiger partial charge is 0.250 e. The van der Waals surface area contributed by atoms with Gasteiger partial charge in [-0.1, -0.05) is 6.07 Å². The fraction of sp³-hybridized carbons (Fsp3) is 0.500. The van der Waals surface area contributed by atoms with Gasteiger partial charge in [0.25, 0.3) is 0 Å². The van der Waals surface area contributed by atoms with E-state index in [-0.39, 0.29) is 11.9 Å². The lowest BCUT2D eigenvalue weighted by Crippen LogP contribution is -2.37. The van der Waals surface area contributed by atoms with Crippen LogP contribution in [0.3, 0.4) is 0 Å². The second-order valence-corrected chi connectivity index (χ2v) is 6.89. The van der Waals surface area contributed by atoms with E-state index in [0.29, 0.717) is 23.7 Å². The van der Waals surface area contributed by atoms with Gasteiger partial charge in [0, 0.05) is 26.1 Å². The van der Waals surface area contributed by atoms with E-state index in [1.54, 1.807) is 22.4 Å². The van der Waals surface area contributed by atoms with E-state index in [9.17, 15) is 13.2 Å². The zero-order valence-electron chi connectivity index (χ0n) is 9.42. The molecule has 94 valence electrons. The quantitative estimate of drug-likeness (QED) is 0.880. The first-order chi connectivity index (χ1) is 7.99. The van der Waals surface area contributed by atoms with Crippen molar-refractivity contribution in [3.63, 3.8) is 0 Å². The molecule has 0 saturated carbocycles. The lowest BCUT2D eigenvalue weighted by Gasteiger charge is -2.14. The summed E-state index contributed by atoms with van der Waals surface area (Å²) in [5.41, 5.74) is 0.